The molecule has 0 N–H and O–H groups in total. The van der Waals surface area contributed by atoms with E-state index in [4.69, 9.17) is 0 Å². The maximum Gasteiger partial charge on any atom is 0.0492 e. The normalized spacial score (nSPS) is 17.1. The summed E-state index contributed by atoms with van der Waals surface area (Å²) in [5.41, 5.74) is 2.88. The van der Waals surface area contributed by atoms with Gasteiger partial charge in [-0.3, -0.25) is 4.98 Å². The summed E-state index contributed by atoms with van der Waals surface area (Å²) in [5, 5.41) is 0. The number of halogens is 1. The van der Waals surface area contributed by atoms with Gasteiger partial charge in [-0.15, -0.1) is 0 Å². The fourth-order valence-corrected chi connectivity index (χ4v) is 2.14. The van der Waals surface area contributed by atoms with E-state index in [1.807, 2.05) is 6.20 Å². The van der Waals surface area contributed by atoms with Gasteiger partial charge in [-0.1, -0.05) is 20.8 Å². The smallest absolute Gasteiger partial charge is 0.0492 e. The lowest BCUT2D eigenvalue weighted by atomic mass is 9.87. The summed E-state index contributed by atoms with van der Waals surface area (Å²) in [7, 11) is 0. The maximum atomic E-state index is 4.56. The molecule has 1 heterocycles. The second-order valence-electron chi connectivity index (χ2n) is 5.12. The van der Waals surface area contributed by atoms with Crippen LogP contribution in [-0.2, 0) is 5.41 Å². The van der Waals surface area contributed by atoms with Crippen LogP contribution in [0.4, 0.5) is 0 Å². The highest BCUT2D eigenvalue weighted by molar-refractivity contribution is 9.10. The first kappa shape index (κ1) is 10.2. The largest absolute Gasteiger partial charge is 0.259 e. The molecule has 0 saturated heterocycles. The minimum Gasteiger partial charge on any atom is -0.259 e. The standard InChI is InChI=1S/C12H16BrN/c1-12(2,3)11-10(8-4-5-8)6-9(13)7-14-11/h6-8H,4-5H2,1-3H3. The van der Waals surface area contributed by atoms with E-state index in [-0.39, 0.29) is 5.41 Å². The summed E-state index contributed by atoms with van der Waals surface area (Å²) in [6.07, 6.45) is 4.58. The van der Waals surface area contributed by atoms with Gasteiger partial charge < -0.3 is 0 Å². The first-order chi connectivity index (χ1) is 6.48. The Morgan fingerprint density at radius 1 is 1.36 bits per heavy atom. The Balaban J connectivity index is 2.47. The van der Waals surface area contributed by atoms with Crippen LogP contribution in [0.25, 0.3) is 0 Å². The van der Waals surface area contributed by atoms with E-state index in [1.54, 1.807) is 0 Å². The minimum absolute atomic E-state index is 0.165. The summed E-state index contributed by atoms with van der Waals surface area (Å²) in [4.78, 5) is 4.56. The first-order valence-corrected chi connectivity index (χ1v) is 5.93. The summed E-state index contributed by atoms with van der Waals surface area (Å²) in [5.74, 6) is 0.772. The number of hydrogen-bond acceptors (Lipinski definition) is 1. The van der Waals surface area contributed by atoms with Gasteiger partial charge in [0.2, 0.25) is 0 Å². The molecule has 1 saturated carbocycles. The third-order valence-corrected chi connectivity index (χ3v) is 3.05. The van der Waals surface area contributed by atoms with Crippen LogP contribution >= 0.6 is 15.9 Å². The van der Waals surface area contributed by atoms with E-state index < -0.39 is 0 Å². The van der Waals surface area contributed by atoms with E-state index in [9.17, 15) is 0 Å². The summed E-state index contributed by atoms with van der Waals surface area (Å²) in [6.45, 7) is 6.69. The molecule has 0 aromatic carbocycles. The molecule has 0 atom stereocenters. The lowest BCUT2D eigenvalue weighted by Crippen LogP contribution is -2.16. The summed E-state index contributed by atoms with van der Waals surface area (Å²) >= 11 is 3.50. The van der Waals surface area contributed by atoms with E-state index >= 15 is 0 Å². The predicted molar refractivity (Wildman–Crippen MR) is 62.6 cm³/mol. The highest BCUT2D eigenvalue weighted by atomic mass is 79.9. The molecule has 0 amide bonds. The SMILES string of the molecule is CC(C)(C)c1ncc(Br)cc1C1CC1. The van der Waals surface area contributed by atoms with Gasteiger partial charge in [0.25, 0.3) is 0 Å². The van der Waals surface area contributed by atoms with Crippen molar-refractivity contribution in [2.75, 3.05) is 0 Å². The molecule has 1 aromatic rings. The molecule has 0 radical (unpaired) electrons. The van der Waals surface area contributed by atoms with Crippen LogP contribution in [0.1, 0.15) is 50.8 Å². The fourth-order valence-electron chi connectivity index (χ4n) is 1.79. The van der Waals surface area contributed by atoms with Crippen molar-refractivity contribution in [1.82, 2.24) is 4.98 Å². The zero-order valence-electron chi connectivity index (χ0n) is 8.97. The van der Waals surface area contributed by atoms with Crippen LogP contribution in [0, 0.1) is 0 Å². The van der Waals surface area contributed by atoms with Crippen molar-refractivity contribution >= 4 is 15.9 Å². The van der Waals surface area contributed by atoms with Crippen LogP contribution in [0.3, 0.4) is 0 Å². The highest BCUT2D eigenvalue weighted by Gasteiger charge is 2.30. The average Bonchev–Trinajstić information content (AvgIpc) is 2.83. The van der Waals surface area contributed by atoms with Crippen LogP contribution in [0.2, 0.25) is 0 Å². The second-order valence-corrected chi connectivity index (χ2v) is 6.03. The van der Waals surface area contributed by atoms with E-state index in [0.717, 1.165) is 10.4 Å². The number of rotatable bonds is 1. The molecule has 2 heteroatoms. The van der Waals surface area contributed by atoms with Crippen molar-refractivity contribution in [1.29, 1.82) is 0 Å². The number of nitrogens with zero attached hydrogens (tertiary/aromatic N) is 1. The predicted octanol–water partition coefficient (Wildman–Crippen LogP) is 4.02. The van der Waals surface area contributed by atoms with Gasteiger partial charge in [0.1, 0.15) is 0 Å². The Hall–Kier alpha value is -0.370. The molecule has 0 bridgehead atoms. The van der Waals surface area contributed by atoms with Crippen LogP contribution in [0.5, 0.6) is 0 Å². The molecule has 1 fully saturated rings. The minimum atomic E-state index is 0.165. The Kier molecular flexibility index (Phi) is 2.42. The average molecular weight is 254 g/mol. The van der Waals surface area contributed by atoms with Crippen LogP contribution < -0.4 is 0 Å². The van der Waals surface area contributed by atoms with Crippen molar-refractivity contribution in [2.45, 2.75) is 44.9 Å². The van der Waals surface area contributed by atoms with Crippen molar-refractivity contribution in [2.24, 2.45) is 0 Å². The molecular formula is C12H16BrN. The van der Waals surface area contributed by atoms with Crippen molar-refractivity contribution < 1.29 is 0 Å². The van der Waals surface area contributed by atoms with Gasteiger partial charge in [-0.05, 0) is 46.3 Å². The summed E-state index contributed by atoms with van der Waals surface area (Å²) < 4.78 is 1.10. The highest BCUT2D eigenvalue weighted by Crippen LogP contribution is 2.44. The monoisotopic (exact) mass is 253 g/mol. The molecule has 1 aromatic heterocycles. The number of hydrogen-bond donors (Lipinski definition) is 0. The second kappa shape index (κ2) is 3.34. The number of pyridine rings is 1. The summed E-state index contributed by atoms with van der Waals surface area (Å²) in [6, 6.07) is 2.24. The third-order valence-electron chi connectivity index (χ3n) is 2.61. The van der Waals surface area contributed by atoms with Gasteiger partial charge in [0, 0.05) is 21.8 Å². The molecular weight excluding hydrogens is 238 g/mol. The Labute approximate surface area is 94.1 Å². The molecule has 1 nitrogen and oxygen atoms in total. The Bertz CT molecular complexity index is 348. The van der Waals surface area contributed by atoms with Gasteiger partial charge >= 0.3 is 0 Å². The Morgan fingerprint density at radius 2 is 2.00 bits per heavy atom. The lowest BCUT2D eigenvalue weighted by Gasteiger charge is -2.21. The van der Waals surface area contributed by atoms with Crippen molar-refractivity contribution in [3.63, 3.8) is 0 Å². The first-order valence-electron chi connectivity index (χ1n) is 5.14. The molecule has 2 rings (SSSR count). The van der Waals surface area contributed by atoms with Crippen molar-refractivity contribution in [3.05, 3.63) is 28.0 Å². The molecule has 1 aliphatic carbocycles. The van der Waals surface area contributed by atoms with E-state index in [0.29, 0.717) is 0 Å². The van der Waals surface area contributed by atoms with Crippen molar-refractivity contribution in [3.8, 4) is 0 Å². The quantitative estimate of drug-likeness (QED) is 0.737. The molecule has 0 spiro atoms. The molecule has 0 unspecified atom stereocenters. The maximum absolute atomic E-state index is 4.56. The zero-order chi connectivity index (χ0) is 10.3. The van der Waals surface area contributed by atoms with Gasteiger partial charge in [0.15, 0.2) is 0 Å². The van der Waals surface area contributed by atoms with Gasteiger partial charge in [-0.25, -0.2) is 0 Å². The Morgan fingerprint density at radius 3 is 2.50 bits per heavy atom. The molecule has 76 valence electrons. The molecule has 1 aliphatic rings. The third kappa shape index (κ3) is 2.00. The van der Waals surface area contributed by atoms with Crippen LogP contribution in [-0.4, -0.2) is 4.98 Å². The van der Waals surface area contributed by atoms with E-state index in [1.165, 1.54) is 24.1 Å². The van der Waals surface area contributed by atoms with Gasteiger partial charge in [-0.2, -0.15) is 0 Å². The zero-order valence-corrected chi connectivity index (χ0v) is 10.6. The van der Waals surface area contributed by atoms with Crippen LogP contribution in [0.15, 0.2) is 16.7 Å². The topological polar surface area (TPSA) is 12.9 Å². The number of aromatic nitrogens is 1. The van der Waals surface area contributed by atoms with E-state index in [2.05, 4.69) is 47.8 Å². The van der Waals surface area contributed by atoms with Gasteiger partial charge in [0.05, 0.1) is 0 Å². The molecule has 0 aliphatic heterocycles. The lowest BCUT2D eigenvalue weighted by molar-refractivity contribution is 0.560. The molecule has 14 heavy (non-hydrogen) atoms. The fraction of sp³-hybridized carbons (Fsp3) is 0.583.